The van der Waals surface area contributed by atoms with Gasteiger partial charge in [0.1, 0.15) is 5.82 Å². The van der Waals surface area contributed by atoms with Crippen LogP contribution in [0.15, 0.2) is 34.9 Å². The third-order valence-electron chi connectivity index (χ3n) is 4.36. The summed E-state index contributed by atoms with van der Waals surface area (Å²) >= 11 is 5.19. The van der Waals surface area contributed by atoms with Gasteiger partial charge >= 0.3 is 11.9 Å². The second-order valence-electron chi connectivity index (χ2n) is 6.63. The van der Waals surface area contributed by atoms with Crippen LogP contribution in [0.25, 0.3) is 11.0 Å². The van der Waals surface area contributed by atoms with Crippen LogP contribution < -0.4 is 0 Å². The van der Waals surface area contributed by atoms with Gasteiger partial charge in [-0.15, -0.1) is 5.06 Å². The first-order valence-corrected chi connectivity index (χ1v) is 9.85. The Morgan fingerprint density at radius 1 is 1.30 bits per heavy atom. The molecule has 1 aromatic heterocycles. The largest absolute Gasteiger partial charge is 0.478 e. The molecule has 2 N–H and O–H groups in total. The highest BCUT2D eigenvalue weighted by molar-refractivity contribution is 7.80. The van der Waals surface area contributed by atoms with Gasteiger partial charge in [-0.2, -0.15) is 0 Å². The number of hydrogen-bond acceptors (Lipinski definition) is 7. The number of hydrogen-bond donors (Lipinski definition) is 2. The van der Waals surface area contributed by atoms with Gasteiger partial charge in [0.05, 0.1) is 5.69 Å². The van der Waals surface area contributed by atoms with Crippen LogP contribution in [0, 0.1) is 5.82 Å². The van der Waals surface area contributed by atoms with Gasteiger partial charge in [-0.3, -0.25) is 0 Å². The van der Waals surface area contributed by atoms with Crippen molar-refractivity contribution < 1.29 is 33.6 Å². The molecule has 1 fully saturated rings. The van der Waals surface area contributed by atoms with Gasteiger partial charge in [0.15, 0.2) is 10.6 Å². The SMILES string of the molecule is CCCC(=S)ON1CCC(c2noc3cc(F)ccc23)CC1.O=C(O)C=CC(=O)O. The van der Waals surface area contributed by atoms with Gasteiger partial charge in [0, 0.05) is 49.0 Å². The van der Waals surface area contributed by atoms with Crippen LogP contribution >= 0.6 is 12.2 Å². The first-order valence-electron chi connectivity index (χ1n) is 9.44. The normalized spacial score (nSPS) is 15.0. The fraction of sp³-hybridized carbons (Fsp3) is 0.400. The molecular weight excluding hydrogens is 415 g/mol. The number of aliphatic carboxylic acids is 2. The summed E-state index contributed by atoms with van der Waals surface area (Å²) in [6, 6.07) is 4.58. The maximum absolute atomic E-state index is 13.2. The summed E-state index contributed by atoms with van der Waals surface area (Å²) in [6.45, 7) is 3.70. The third-order valence-corrected chi connectivity index (χ3v) is 4.63. The standard InChI is InChI=1S/C16H19FN2O2S.C4H4O4/c1-2-3-15(22)21-19-8-6-11(7-9-19)16-13-5-4-12(17)10-14(13)20-18-16;5-3(6)1-2-4(7)8/h4-5,10-11H,2-3,6-9H2,1H3;1-2H,(H,5,6)(H,7,8). The molecule has 1 saturated heterocycles. The summed E-state index contributed by atoms with van der Waals surface area (Å²) in [5.74, 6) is -2.51. The molecular formula is C20H23FN2O6S. The Morgan fingerprint density at radius 3 is 2.50 bits per heavy atom. The van der Waals surface area contributed by atoms with Crippen molar-refractivity contribution in [3.05, 3.63) is 41.9 Å². The first kappa shape index (κ1) is 23.4. The molecule has 1 aliphatic rings. The van der Waals surface area contributed by atoms with Crippen molar-refractivity contribution in [1.82, 2.24) is 10.2 Å². The number of carbonyl (C=O) groups is 2. The average Bonchev–Trinajstić information content (AvgIpc) is 3.10. The number of nitrogens with zero attached hydrogens (tertiary/aromatic N) is 2. The molecule has 2 heterocycles. The zero-order valence-electron chi connectivity index (χ0n) is 16.4. The fourth-order valence-corrected chi connectivity index (χ4v) is 3.29. The number of hydroxylamine groups is 2. The second kappa shape index (κ2) is 11.4. The van der Waals surface area contributed by atoms with E-state index < -0.39 is 11.9 Å². The molecule has 0 amide bonds. The summed E-state index contributed by atoms with van der Waals surface area (Å²) in [5.41, 5.74) is 1.43. The van der Waals surface area contributed by atoms with E-state index in [4.69, 9.17) is 31.8 Å². The van der Waals surface area contributed by atoms with Crippen molar-refractivity contribution in [3.63, 3.8) is 0 Å². The number of fused-ring (bicyclic) bond motifs is 1. The average molecular weight is 438 g/mol. The predicted octanol–water partition coefficient (Wildman–Crippen LogP) is 3.92. The Morgan fingerprint density at radius 2 is 1.93 bits per heavy atom. The van der Waals surface area contributed by atoms with Gasteiger partial charge in [-0.05, 0) is 43.6 Å². The number of benzene rings is 1. The van der Waals surface area contributed by atoms with E-state index in [2.05, 4.69) is 12.1 Å². The van der Waals surface area contributed by atoms with Gasteiger partial charge in [0.2, 0.25) is 0 Å². The molecule has 162 valence electrons. The topological polar surface area (TPSA) is 113 Å². The van der Waals surface area contributed by atoms with Gasteiger partial charge < -0.3 is 19.6 Å². The second-order valence-corrected chi connectivity index (χ2v) is 7.09. The van der Waals surface area contributed by atoms with Crippen LogP contribution in [0.3, 0.4) is 0 Å². The number of carboxylic acid groups (broad SMARTS) is 2. The molecule has 0 aliphatic carbocycles. The fourth-order valence-electron chi connectivity index (χ4n) is 2.98. The summed E-state index contributed by atoms with van der Waals surface area (Å²) in [4.78, 5) is 24.8. The van der Waals surface area contributed by atoms with Crippen LogP contribution in [0.4, 0.5) is 4.39 Å². The van der Waals surface area contributed by atoms with Crippen LogP contribution in [-0.4, -0.2) is 50.5 Å². The molecule has 0 radical (unpaired) electrons. The van der Waals surface area contributed by atoms with Gasteiger partial charge in [0.25, 0.3) is 0 Å². The highest BCUT2D eigenvalue weighted by Crippen LogP contribution is 2.32. The minimum absolute atomic E-state index is 0.303. The maximum atomic E-state index is 13.2. The number of thiocarbonyl (C=S) groups is 1. The number of halogens is 1. The van der Waals surface area contributed by atoms with E-state index in [1.54, 1.807) is 6.07 Å². The molecule has 3 rings (SSSR count). The van der Waals surface area contributed by atoms with Crippen molar-refractivity contribution in [1.29, 1.82) is 0 Å². The summed E-state index contributed by atoms with van der Waals surface area (Å²) in [6.07, 6.45) is 4.78. The number of carboxylic acids is 2. The smallest absolute Gasteiger partial charge is 0.328 e. The Kier molecular flexibility index (Phi) is 8.88. The number of piperidine rings is 1. The van der Waals surface area contributed by atoms with Gasteiger partial charge in [-0.25, -0.2) is 14.0 Å². The molecule has 0 saturated carbocycles. The lowest BCUT2D eigenvalue weighted by molar-refractivity contribution is -0.134. The van der Waals surface area contributed by atoms with Crippen LogP contribution in [0.1, 0.15) is 44.2 Å². The zero-order valence-corrected chi connectivity index (χ0v) is 17.2. The highest BCUT2D eigenvalue weighted by atomic mass is 32.1. The Hall–Kier alpha value is -2.85. The molecule has 0 bridgehead atoms. The van der Waals surface area contributed by atoms with Crippen molar-refractivity contribution in [2.24, 2.45) is 0 Å². The van der Waals surface area contributed by atoms with E-state index >= 15 is 0 Å². The molecule has 0 spiro atoms. The van der Waals surface area contributed by atoms with E-state index in [0.717, 1.165) is 49.9 Å². The molecule has 2 aromatic rings. The van der Waals surface area contributed by atoms with Crippen LogP contribution in [0.5, 0.6) is 0 Å². The van der Waals surface area contributed by atoms with Gasteiger partial charge in [-0.1, -0.05) is 12.1 Å². The maximum Gasteiger partial charge on any atom is 0.328 e. The van der Waals surface area contributed by atoms with Crippen LogP contribution in [0.2, 0.25) is 0 Å². The van der Waals surface area contributed by atoms with E-state index in [-0.39, 0.29) is 5.82 Å². The highest BCUT2D eigenvalue weighted by Gasteiger charge is 2.26. The summed E-state index contributed by atoms with van der Waals surface area (Å²) in [7, 11) is 0. The van der Waals surface area contributed by atoms with Crippen LogP contribution in [-0.2, 0) is 14.4 Å². The number of aromatic nitrogens is 1. The van der Waals surface area contributed by atoms with Crippen molar-refractivity contribution in [2.45, 2.75) is 38.5 Å². The van der Waals surface area contributed by atoms with E-state index in [1.165, 1.54) is 12.1 Å². The quantitative estimate of drug-likeness (QED) is 0.512. The molecule has 0 atom stereocenters. The van der Waals surface area contributed by atoms with Crippen molar-refractivity contribution >= 4 is 40.2 Å². The predicted molar refractivity (Wildman–Crippen MR) is 111 cm³/mol. The third kappa shape index (κ3) is 7.20. The molecule has 8 nitrogen and oxygen atoms in total. The summed E-state index contributed by atoms with van der Waals surface area (Å²) in [5, 5.41) is 23.3. The lowest BCUT2D eigenvalue weighted by atomic mass is 9.92. The first-order chi connectivity index (χ1) is 14.3. The lowest BCUT2D eigenvalue weighted by Gasteiger charge is -2.30. The molecule has 0 unspecified atom stereocenters. The minimum Gasteiger partial charge on any atom is -0.478 e. The van der Waals surface area contributed by atoms with Crippen molar-refractivity contribution in [3.8, 4) is 0 Å². The summed E-state index contributed by atoms with van der Waals surface area (Å²) < 4.78 is 18.5. The Labute approximate surface area is 177 Å². The lowest BCUT2D eigenvalue weighted by Crippen LogP contribution is -2.34. The Bertz CT molecular complexity index is 905. The van der Waals surface area contributed by atoms with E-state index in [1.807, 2.05) is 5.06 Å². The molecule has 10 heteroatoms. The van der Waals surface area contributed by atoms with Crippen molar-refractivity contribution in [2.75, 3.05) is 13.1 Å². The minimum atomic E-state index is -1.26. The zero-order chi connectivity index (χ0) is 22.1. The monoisotopic (exact) mass is 438 g/mol. The Balaban J connectivity index is 0.000000343. The molecule has 30 heavy (non-hydrogen) atoms. The molecule has 1 aliphatic heterocycles. The number of rotatable bonds is 6. The van der Waals surface area contributed by atoms with E-state index in [9.17, 15) is 14.0 Å². The molecule has 1 aromatic carbocycles. The van der Waals surface area contributed by atoms with E-state index in [0.29, 0.717) is 28.7 Å².